The molecule has 9 nitrogen and oxygen atoms in total. The van der Waals surface area contributed by atoms with Crippen molar-refractivity contribution in [2.45, 2.75) is 18.4 Å². The molecule has 1 aliphatic rings. The highest BCUT2D eigenvalue weighted by atomic mass is 35.5. The molecule has 1 amide bonds. The van der Waals surface area contributed by atoms with Crippen molar-refractivity contribution in [2.75, 3.05) is 25.5 Å². The number of hydrogen-bond donors (Lipinski definition) is 2. The lowest BCUT2D eigenvalue weighted by molar-refractivity contribution is -0.140. The van der Waals surface area contributed by atoms with Gasteiger partial charge in [0.15, 0.2) is 0 Å². The fraction of sp³-hybridized carbons (Fsp3) is 0.500. The summed E-state index contributed by atoms with van der Waals surface area (Å²) < 4.78 is 7.80. The molecule has 2 aromatic heterocycles. The molecule has 3 rings (SSSR count). The molecule has 1 fully saturated rings. The predicted molar refractivity (Wildman–Crippen MR) is 107 cm³/mol. The molecule has 27 heavy (non-hydrogen) atoms. The van der Waals surface area contributed by atoms with E-state index in [9.17, 15) is 14.4 Å². The third-order valence-electron chi connectivity index (χ3n) is 4.77. The van der Waals surface area contributed by atoms with E-state index >= 15 is 0 Å². The van der Waals surface area contributed by atoms with Gasteiger partial charge < -0.3 is 15.4 Å². The van der Waals surface area contributed by atoms with Gasteiger partial charge in [-0.3, -0.25) is 18.7 Å². The number of aryl methyl sites for hydroxylation is 1. The lowest BCUT2D eigenvalue weighted by atomic mass is 9.91. The van der Waals surface area contributed by atoms with Crippen LogP contribution in [0.2, 0.25) is 0 Å². The molecule has 1 saturated heterocycles. The van der Waals surface area contributed by atoms with Crippen LogP contribution < -0.4 is 21.9 Å². The summed E-state index contributed by atoms with van der Waals surface area (Å²) >= 11 is 0. The van der Waals surface area contributed by atoms with Crippen molar-refractivity contribution >= 4 is 47.4 Å². The molecule has 150 valence electrons. The number of nitrogens with one attached hydrogen (secondary N) is 2. The van der Waals surface area contributed by atoms with Gasteiger partial charge in [-0.1, -0.05) is 0 Å². The molecule has 0 bridgehead atoms. The summed E-state index contributed by atoms with van der Waals surface area (Å²) in [6.07, 6.45) is 2.56. The summed E-state index contributed by atoms with van der Waals surface area (Å²) in [6.45, 7) is 1.39. The SMILES string of the molecule is COC1(C(=O)Nc2cnc3c(c2)c(=O)n(C)c(=O)n3C)CCNCC1.Cl.Cl. The largest absolute Gasteiger partial charge is 0.368 e. The molecule has 0 atom stereocenters. The van der Waals surface area contributed by atoms with E-state index in [1.807, 2.05) is 0 Å². The average Bonchev–Trinajstić information content (AvgIpc) is 2.65. The number of carbonyl (C=O) groups excluding carboxylic acids is 1. The van der Waals surface area contributed by atoms with Crippen LogP contribution in [0.4, 0.5) is 5.69 Å². The van der Waals surface area contributed by atoms with Crippen molar-refractivity contribution in [3.05, 3.63) is 33.1 Å². The molecule has 0 unspecified atom stereocenters. The van der Waals surface area contributed by atoms with Crippen LogP contribution in [-0.2, 0) is 23.6 Å². The minimum Gasteiger partial charge on any atom is -0.368 e. The number of rotatable bonds is 3. The maximum absolute atomic E-state index is 12.7. The number of amides is 1. The second-order valence-corrected chi connectivity index (χ2v) is 6.20. The molecule has 2 aromatic rings. The van der Waals surface area contributed by atoms with E-state index in [1.54, 1.807) is 7.05 Å². The Kier molecular flexibility index (Phi) is 7.56. The second-order valence-electron chi connectivity index (χ2n) is 6.20. The van der Waals surface area contributed by atoms with Crippen LogP contribution in [-0.4, -0.2) is 45.8 Å². The number of piperidine rings is 1. The predicted octanol–water partition coefficient (Wildman–Crippen LogP) is 0.183. The van der Waals surface area contributed by atoms with Crippen molar-refractivity contribution in [3.63, 3.8) is 0 Å². The lowest BCUT2D eigenvalue weighted by Gasteiger charge is -2.34. The Labute approximate surface area is 167 Å². The normalized spacial score (nSPS) is 15.5. The van der Waals surface area contributed by atoms with Crippen molar-refractivity contribution < 1.29 is 9.53 Å². The van der Waals surface area contributed by atoms with E-state index in [2.05, 4.69) is 15.6 Å². The number of hydrogen-bond acceptors (Lipinski definition) is 6. The van der Waals surface area contributed by atoms with Crippen LogP contribution in [0.15, 0.2) is 21.9 Å². The molecular weight excluding hydrogens is 397 g/mol. The van der Waals surface area contributed by atoms with Gasteiger partial charge in [0.05, 0.1) is 17.3 Å². The Bertz CT molecular complexity index is 950. The van der Waals surface area contributed by atoms with Gasteiger partial charge in [-0.25, -0.2) is 9.78 Å². The molecule has 0 spiro atoms. The van der Waals surface area contributed by atoms with Crippen LogP contribution in [0.3, 0.4) is 0 Å². The summed E-state index contributed by atoms with van der Waals surface area (Å²) in [5.41, 5.74) is -1.13. The van der Waals surface area contributed by atoms with Crippen molar-refractivity contribution in [1.82, 2.24) is 19.4 Å². The molecule has 0 saturated carbocycles. The monoisotopic (exact) mass is 419 g/mol. The molecule has 0 aliphatic carbocycles. The standard InChI is InChI=1S/C16H21N5O4.2ClH/c1-20-12-11(13(22)21(2)15(20)24)8-10(9-18-12)19-14(23)16(25-3)4-6-17-7-5-16;;/h8-9,17H,4-7H2,1-3H3,(H,19,23);2*1H. The van der Waals surface area contributed by atoms with Crippen LogP contribution in [0.5, 0.6) is 0 Å². The van der Waals surface area contributed by atoms with E-state index < -0.39 is 16.9 Å². The van der Waals surface area contributed by atoms with Crippen LogP contribution >= 0.6 is 24.8 Å². The molecule has 1 aliphatic heterocycles. The van der Waals surface area contributed by atoms with Crippen molar-refractivity contribution in [1.29, 1.82) is 0 Å². The molecular formula is C16H23Cl2N5O4. The summed E-state index contributed by atoms with van der Waals surface area (Å²) in [6, 6.07) is 1.53. The smallest absolute Gasteiger partial charge is 0.332 e. The number of carbonyl (C=O) groups is 1. The van der Waals surface area contributed by atoms with Gasteiger partial charge in [-0.15, -0.1) is 24.8 Å². The number of ether oxygens (including phenoxy) is 1. The van der Waals surface area contributed by atoms with Crippen molar-refractivity contribution in [2.24, 2.45) is 14.1 Å². The zero-order chi connectivity index (χ0) is 18.2. The highest BCUT2D eigenvalue weighted by Crippen LogP contribution is 2.24. The van der Waals surface area contributed by atoms with Gasteiger partial charge in [0.25, 0.3) is 11.5 Å². The van der Waals surface area contributed by atoms with Gasteiger partial charge >= 0.3 is 5.69 Å². The summed E-state index contributed by atoms with van der Waals surface area (Å²) in [5, 5.41) is 6.24. The van der Waals surface area contributed by atoms with Crippen LogP contribution in [0, 0.1) is 0 Å². The molecule has 11 heteroatoms. The first-order valence-electron chi connectivity index (χ1n) is 8.03. The molecule has 2 N–H and O–H groups in total. The Hall–Kier alpha value is -1.94. The van der Waals surface area contributed by atoms with Gasteiger partial charge in [0.1, 0.15) is 11.2 Å². The van der Waals surface area contributed by atoms with E-state index in [1.165, 1.54) is 31.0 Å². The molecule has 0 radical (unpaired) electrons. The van der Waals surface area contributed by atoms with Gasteiger partial charge in [-0.2, -0.15) is 0 Å². The molecule has 3 heterocycles. The summed E-state index contributed by atoms with van der Waals surface area (Å²) in [7, 11) is 4.48. The fourth-order valence-electron chi connectivity index (χ4n) is 3.13. The number of aromatic nitrogens is 3. The van der Waals surface area contributed by atoms with Gasteiger partial charge in [0, 0.05) is 21.2 Å². The highest BCUT2D eigenvalue weighted by molar-refractivity contribution is 5.98. The Morgan fingerprint density at radius 1 is 1.22 bits per heavy atom. The Balaban J connectivity index is 0.00000182. The minimum absolute atomic E-state index is 0. The maximum atomic E-state index is 12.7. The summed E-state index contributed by atoms with van der Waals surface area (Å²) in [4.78, 5) is 41.1. The van der Waals surface area contributed by atoms with Crippen molar-refractivity contribution in [3.8, 4) is 0 Å². The lowest BCUT2D eigenvalue weighted by Crippen LogP contribution is -2.51. The van der Waals surface area contributed by atoms with Gasteiger partial charge in [-0.05, 0) is 32.0 Å². The van der Waals surface area contributed by atoms with Gasteiger partial charge in [0.2, 0.25) is 0 Å². The third-order valence-corrected chi connectivity index (χ3v) is 4.77. The quantitative estimate of drug-likeness (QED) is 0.734. The number of anilines is 1. The van der Waals surface area contributed by atoms with E-state index in [0.717, 1.165) is 4.57 Å². The zero-order valence-corrected chi connectivity index (χ0v) is 16.9. The minimum atomic E-state index is -0.894. The Morgan fingerprint density at radius 2 is 1.85 bits per heavy atom. The van der Waals surface area contributed by atoms with E-state index in [0.29, 0.717) is 31.6 Å². The number of pyridine rings is 1. The first kappa shape index (κ1) is 23.1. The van der Waals surface area contributed by atoms with E-state index in [4.69, 9.17) is 4.74 Å². The van der Waals surface area contributed by atoms with Crippen LogP contribution in [0.1, 0.15) is 12.8 Å². The zero-order valence-electron chi connectivity index (χ0n) is 15.3. The topological polar surface area (TPSA) is 107 Å². The first-order valence-corrected chi connectivity index (χ1v) is 8.03. The number of fused-ring (bicyclic) bond motifs is 1. The first-order chi connectivity index (χ1) is 11.9. The maximum Gasteiger partial charge on any atom is 0.332 e. The summed E-state index contributed by atoms with van der Waals surface area (Å²) in [5.74, 6) is -0.265. The average molecular weight is 420 g/mol. The van der Waals surface area contributed by atoms with E-state index in [-0.39, 0.29) is 41.8 Å². The highest BCUT2D eigenvalue weighted by Gasteiger charge is 2.39. The Morgan fingerprint density at radius 3 is 2.44 bits per heavy atom. The molecule has 0 aromatic carbocycles. The third kappa shape index (κ3) is 4.01. The number of nitrogens with zero attached hydrogens (tertiary/aromatic N) is 3. The fourth-order valence-corrected chi connectivity index (χ4v) is 3.13. The van der Waals surface area contributed by atoms with Crippen LogP contribution in [0.25, 0.3) is 11.0 Å². The number of halogens is 2. The number of methoxy groups -OCH3 is 1. The second kappa shape index (κ2) is 8.83.